The van der Waals surface area contributed by atoms with Crippen molar-refractivity contribution in [2.24, 2.45) is 4.99 Å². The minimum absolute atomic E-state index is 0. The van der Waals surface area contributed by atoms with Crippen LogP contribution < -0.4 is 10.2 Å². The number of nitrogens with zero attached hydrogens (tertiary/aromatic N) is 5. The van der Waals surface area contributed by atoms with E-state index in [9.17, 15) is 4.79 Å². The molecule has 1 aromatic rings. The average Bonchev–Trinajstić information content (AvgIpc) is 2.62. The van der Waals surface area contributed by atoms with Crippen LogP contribution in [0.4, 0.5) is 5.82 Å². The first kappa shape index (κ1) is 21.2. The van der Waals surface area contributed by atoms with Crippen molar-refractivity contribution in [3.63, 3.8) is 0 Å². The molecule has 1 amide bonds. The maximum absolute atomic E-state index is 11.8. The lowest BCUT2D eigenvalue weighted by Gasteiger charge is -2.37. The van der Waals surface area contributed by atoms with E-state index in [1.165, 1.54) is 0 Å². The van der Waals surface area contributed by atoms with Gasteiger partial charge in [-0.25, -0.2) is 9.98 Å². The number of pyridine rings is 1. The summed E-state index contributed by atoms with van der Waals surface area (Å²) in [6, 6.07) is 5.95. The first-order chi connectivity index (χ1) is 11.6. The van der Waals surface area contributed by atoms with Gasteiger partial charge in [-0.15, -0.1) is 30.6 Å². The first-order valence-electron chi connectivity index (χ1n) is 8.12. The number of carbonyl (C=O) groups excluding carboxylic acids is 1. The van der Waals surface area contributed by atoms with Gasteiger partial charge in [-0.2, -0.15) is 0 Å². The lowest BCUT2D eigenvalue weighted by molar-refractivity contribution is -0.127. The molecule has 0 unspecified atom stereocenters. The molecule has 1 aliphatic heterocycles. The minimum Gasteiger partial charge on any atom is -0.353 e. The molecule has 0 aliphatic carbocycles. The fourth-order valence-corrected chi connectivity index (χ4v) is 2.40. The van der Waals surface area contributed by atoms with E-state index in [1.54, 1.807) is 25.1 Å². The van der Waals surface area contributed by atoms with E-state index in [0.717, 1.165) is 38.0 Å². The van der Waals surface area contributed by atoms with Gasteiger partial charge in [0.25, 0.3) is 0 Å². The number of anilines is 1. The normalized spacial score (nSPS) is 14.6. The smallest absolute Gasteiger partial charge is 0.243 e. The zero-order valence-electron chi connectivity index (χ0n) is 14.9. The maximum Gasteiger partial charge on any atom is 0.243 e. The molecule has 0 saturated carbocycles. The van der Waals surface area contributed by atoms with Crippen LogP contribution in [0.2, 0.25) is 0 Å². The van der Waals surface area contributed by atoms with Gasteiger partial charge in [-0.1, -0.05) is 12.1 Å². The van der Waals surface area contributed by atoms with Gasteiger partial charge in [0.05, 0.1) is 0 Å². The number of piperazine rings is 1. The van der Waals surface area contributed by atoms with E-state index in [-0.39, 0.29) is 36.4 Å². The number of aliphatic imine (C=N–C) groups is 1. The minimum atomic E-state index is -0.0139. The third-order valence-electron chi connectivity index (χ3n) is 3.82. The number of aromatic nitrogens is 1. The first-order valence-corrected chi connectivity index (χ1v) is 8.12. The number of hydrogen-bond acceptors (Lipinski definition) is 4. The third kappa shape index (κ3) is 6.52. The molecule has 1 saturated heterocycles. The number of carbonyl (C=O) groups is 1. The Morgan fingerprint density at radius 1 is 1.36 bits per heavy atom. The highest BCUT2D eigenvalue weighted by molar-refractivity contribution is 14.0. The Morgan fingerprint density at radius 3 is 2.64 bits per heavy atom. The van der Waals surface area contributed by atoms with E-state index >= 15 is 0 Å². The summed E-state index contributed by atoms with van der Waals surface area (Å²) in [5.41, 5.74) is 0. The highest BCUT2D eigenvalue weighted by Crippen LogP contribution is 2.12. The predicted molar refractivity (Wildman–Crippen MR) is 113 cm³/mol. The van der Waals surface area contributed by atoms with Gasteiger partial charge >= 0.3 is 0 Å². The summed E-state index contributed by atoms with van der Waals surface area (Å²) in [4.78, 5) is 26.6. The Kier molecular flexibility index (Phi) is 9.25. The molecule has 1 N–H and O–H groups in total. The van der Waals surface area contributed by atoms with Gasteiger partial charge < -0.3 is 20.0 Å². The summed E-state index contributed by atoms with van der Waals surface area (Å²) < 4.78 is 0. The number of guanidine groups is 1. The summed E-state index contributed by atoms with van der Waals surface area (Å²) in [5.74, 6) is 1.74. The predicted octanol–water partition coefficient (Wildman–Crippen LogP) is 1.04. The highest BCUT2D eigenvalue weighted by atomic mass is 127. The number of amides is 1. The average molecular weight is 458 g/mol. The largest absolute Gasteiger partial charge is 0.353 e. The van der Waals surface area contributed by atoms with Crippen molar-refractivity contribution in [2.45, 2.75) is 0 Å². The molecule has 0 aromatic carbocycles. The number of halogens is 1. The number of hydrogen-bond donors (Lipinski definition) is 1. The fourth-order valence-electron chi connectivity index (χ4n) is 2.40. The van der Waals surface area contributed by atoms with E-state index < -0.39 is 0 Å². The molecular formula is C17H27IN6O. The van der Waals surface area contributed by atoms with Gasteiger partial charge in [0.1, 0.15) is 12.4 Å². The van der Waals surface area contributed by atoms with Crippen molar-refractivity contribution in [1.82, 2.24) is 20.1 Å². The summed E-state index contributed by atoms with van der Waals surface area (Å²) in [5, 5.41) is 3.24. The summed E-state index contributed by atoms with van der Waals surface area (Å²) >= 11 is 0. The van der Waals surface area contributed by atoms with Crippen molar-refractivity contribution in [2.75, 3.05) is 58.3 Å². The van der Waals surface area contributed by atoms with Crippen LogP contribution in [0.1, 0.15) is 0 Å². The maximum atomic E-state index is 11.8. The molecular weight excluding hydrogens is 431 g/mol. The molecule has 1 aromatic heterocycles. The molecule has 0 atom stereocenters. The van der Waals surface area contributed by atoms with E-state index in [0.29, 0.717) is 6.54 Å². The van der Waals surface area contributed by atoms with Gasteiger partial charge in [0.2, 0.25) is 5.91 Å². The molecule has 1 aliphatic rings. The Labute approximate surface area is 166 Å². The summed E-state index contributed by atoms with van der Waals surface area (Å²) in [6.07, 6.45) is 3.60. The van der Waals surface area contributed by atoms with Crippen molar-refractivity contribution in [3.8, 4) is 0 Å². The van der Waals surface area contributed by atoms with Crippen molar-refractivity contribution >= 4 is 41.7 Å². The molecule has 0 spiro atoms. The Morgan fingerprint density at radius 2 is 2.08 bits per heavy atom. The SMILES string of the molecule is C=CCNC(=NCC(=O)N(C)C)N1CCN(c2ccccn2)CC1.I. The van der Waals surface area contributed by atoms with Gasteiger partial charge in [-0.05, 0) is 12.1 Å². The third-order valence-corrected chi connectivity index (χ3v) is 3.82. The topological polar surface area (TPSA) is 64.1 Å². The molecule has 2 rings (SSSR count). The van der Waals surface area contributed by atoms with Crippen molar-refractivity contribution in [1.29, 1.82) is 0 Å². The van der Waals surface area contributed by atoms with E-state index in [1.807, 2.05) is 24.4 Å². The van der Waals surface area contributed by atoms with Crippen LogP contribution in [-0.4, -0.2) is 80.0 Å². The van der Waals surface area contributed by atoms with E-state index in [2.05, 4.69) is 31.7 Å². The van der Waals surface area contributed by atoms with Crippen LogP contribution in [0.25, 0.3) is 0 Å². The Balaban J connectivity index is 0.00000312. The van der Waals surface area contributed by atoms with Gasteiger partial charge in [-0.3, -0.25) is 4.79 Å². The van der Waals surface area contributed by atoms with Crippen LogP contribution in [0.15, 0.2) is 42.0 Å². The highest BCUT2D eigenvalue weighted by Gasteiger charge is 2.20. The van der Waals surface area contributed by atoms with Gasteiger partial charge in [0.15, 0.2) is 5.96 Å². The number of rotatable bonds is 5. The monoisotopic (exact) mass is 458 g/mol. The zero-order valence-corrected chi connectivity index (χ0v) is 17.2. The Bertz CT molecular complexity index is 570. The summed E-state index contributed by atoms with van der Waals surface area (Å²) in [6.45, 7) is 7.89. The van der Waals surface area contributed by atoms with Crippen LogP contribution >= 0.6 is 24.0 Å². The molecule has 8 heteroatoms. The second kappa shape index (κ2) is 10.9. The van der Waals surface area contributed by atoms with Crippen LogP contribution in [-0.2, 0) is 4.79 Å². The van der Waals surface area contributed by atoms with Crippen LogP contribution in [0.5, 0.6) is 0 Å². The second-order valence-electron chi connectivity index (χ2n) is 5.76. The standard InChI is InChI=1S/C17H26N6O.HI/c1-4-8-19-17(20-14-16(24)21(2)3)23-12-10-22(11-13-23)15-7-5-6-9-18-15;/h4-7,9H,1,8,10-14H2,2-3H3,(H,19,20);1H. The molecule has 2 heterocycles. The van der Waals surface area contributed by atoms with E-state index in [4.69, 9.17) is 0 Å². The number of likely N-dealkylation sites (N-methyl/N-ethyl adjacent to an activating group) is 1. The number of nitrogens with one attached hydrogen (secondary N) is 1. The molecule has 138 valence electrons. The van der Waals surface area contributed by atoms with Gasteiger partial charge in [0, 0.05) is 53.0 Å². The fraction of sp³-hybridized carbons (Fsp3) is 0.471. The quantitative estimate of drug-likeness (QED) is 0.309. The van der Waals surface area contributed by atoms with Crippen LogP contribution in [0.3, 0.4) is 0 Å². The van der Waals surface area contributed by atoms with Crippen molar-refractivity contribution < 1.29 is 4.79 Å². The zero-order chi connectivity index (χ0) is 17.4. The Hall–Kier alpha value is -1.84. The lowest BCUT2D eigenvalue weighted by atomic mass is 10.3. The lowest BCUT2D eigenvalue weighted by Crippen LogP contribution is -2.53. The van der Waals surface area contributed by atoms with Crippen molar-refractivity contribution in [3.05, 3.63) is 37.1 Å². The summed E-state index contributed by atoms with van der Waals surface area (Å²) in [7, 11) is 3.47. The molecule has 7 nitrogen and oxygen atoms in total. The van der Waals surface area contributed by atoms with Crippen LogP contribution in [0, 0.1) is 0 Å². The molecule has 0 bridgehead atoms. The molecule has 0 radical (unpaired) electrons. The second-order valence-corrected chi connectivity index (χ2v) is 5.76. The molecule has 25 heavy (non-hydrogen) atoms. The molecule has 1 fully saturated rings.